The zero-order valence-electron chi connectivity index (χ0n) is 24.8. The molecule has 0 bridgehead atoms. The lowest BCUT2D eigenvalue weighted by atomic mass is 9.99. The van der Waals surface area contributed by atoms with E-state index in [2.05, 4.69) is 79.0 Å². The number of aromatic nitrogens is 2. The lowest BCUT2D eigenvalue weighted by Gasteiger charge is -2.10. The van der Waals surface area contributed by atoms with Crippen molar-refractivity contribution in [1.82, 2.24) is 25.5 Å². The van der Waals surface area contributed by atoms with E-state index in [0.717, 1.165) is 55.3 Å². The Morgan fingerprint density at radius 1 is 0.857 bits per heavy atom. The summed E-state index contributed by atoms with van der Waals surface area (Å²) in [5, 5.41) is 5.48. The maximum Gasteiger partial charge on any atom is 0.280 e. The zero-order valence-corrected chi connectivity index (χ0v) is 24.8. The number of guanidine groups is 1. The van der Waals surface area contributed by atoms with Gasteiger partial charge in [0.1, 0.15) is 5.82 Å². The van der Waals surface area contributed by atoms with Gasteiger partial charge in [-0.05, 0) is 81.9 Å². The minimum atomic E-state index is -0.576. The quantitative estimate of drug-likeness (QED) is 0.111. The van der Waals surface area contributed by atoms with Crippen LogP contribution in [0.1, 0.15) is 53.0 Å². The van der Waals surface area contributed by atoms with E-state index < -0.39 is 5.91 Å². The van der Waals surface area contributed by atoms with Crippen molar-refractivity contribution in [3.8, 4) is 11.1 Å². The van der Waals surface area contributed by atoms with Crippen molar-refractivity contribution < 1.29 is 9.59 Å². The molecule has 2 amide bonds. The van der Waals surface area contributed by atoms with Crippen LogP contribution in [-0.4, -0.2) is 66.4 Å². The van der Waals surface area contributed by atoms with E-state index in [1.807, 2.05) is 14.1 Å². The Balaban J connectivity index is 1.37. The first-order chi connectivity index (χ1) is 20.1. The van der Waals surface area contributed by atoms with Crippen molar-refractivity contribution in [1.29, 1.82) is 0 Å². The molecule has 1 heterocycles. The molecule has 0 fully saturated rings. The second-order valence-corrected chi connectivity index (χ2v) is 10.5. The molecule has 3 aromatic rings. The molecule has 8 N–H and O–H groups in total. The number of nitrogens with two attached hydrogens (primary N) is 3. The standard InChI is InChI=1S/C31H43N9O2/c1-21-28(32)38-29(33)27(37-21)30(42)39-31(34)36-18-5-4-7-22-8-13-24(14-9-22)25-15-10-23(11-16-25)12-17-26(41)35-19-6-20-40(2)3/h8-11,13-16H,4-7,12,17-20H2,1-3H3,(H,35,41)(H4,32,33,38)(H3,34,36,39,42). The van der Waals surface area contributed by atoms with Gasteiger partial charge in [0, 0.05) is 19.5 Å². The second kappa shape index (κ2) is 16.1. The molecule has 0 spiro atoms. The van der Waals surface area contributed by atoms with Crippen LogP contribution in [0.3, 0.4) is 0 Å². The normalized spacial score (nSPS) is 11.5. The van der Waals surface area contributed by atoms with Crippen LogP contribution >= 0.6 is 0 Å². The molecule has 0 aliphatic carbocycles. The Morgan fingerprint density at radius 2 is 1.48 bits per heavy atom. The minimum absolute atomic E-state index is 0.00456. The van der Waals surface area contributed by atoms with E-state index in [0.29, 0.717) is 25.2 Å². The van der Waals surface area contributed by atoms with Crippen molar-refractivity contribution in [2.24, 2.45) is 10.7 Å². The SMILES string of the molecule is Cc1nc(C(=O)NC(N)=NCCCCc2ccc(-c3ccc(CCC(=O)NCCCN(C)C)cc3)cc2)c(N)nc1N. The van der Waals surface area contributed by atoms with E-state index in [4.69, 9.17) is 17.2 Å². The Kier molecular flexibility index (Phi) is 12.2. The minimum Gasteiger partial charge on any atom is -0.382 e. The van der Waals surface area contributed by atoms with Crippen molar-refractivity contribution in [3.63, 3.8) is 0 Å². The van der Waals surface area contributed by atoms with E-state index >= 15 is 0 Å². The third-order valence-electron chi connectivity index (χ3n) is 6.73. The van der Waals surface area contributed by atoms with Crippen molar-refractivity contribution in [3.05, 3.63) is 71.0 Å². The predicted octanol–water partition coefficient (Wildman–Crippen LogP) is 2.68. The number of unbranched alkanes of at least 4 members (excludes halogenated alkanes) is 1. The Hall–Kier alpha value is -4.51. The summed E-state index contributed by atoms with van der Waals surface area (Å²) >= 11 is 0. The summed E-state index contributed by atoms with van der Waals surface area (Å²) in [6.07, 6.45) is 4.84. The predicted molar refractivity (Wildman–Crippen MR) is 169 cm³/mol. The smallest absolute Gasteiger partial charge is 0.280 e. The van der Waals surface area contributed by atoms with Gasteiger partial charge in [0.05, 0.1) is 5.69 Å². The highest BCUT2D eigenvalue weighted by atomic mass is 16.2. The van der Waals surface area contributed by atoms with Crippen LogP contribution in [-0.2, 0) is 17.6 Å². The maximum absolute atomic E-state index is 12.4. The first-order valence-electron chi connectivity index (χ1n) is 14.2. The second-order valence-electron chi connectivity index (χ2n) is 10.5. The highest BCUT2D eigenvalue weighted by Crippen LogP contribution is 2.21. The highest BCUT2D eigenvalue weighted by molar-refractivity contribution is 6.06. The number of anilines is 2. The number of hydrogen-bond donors (Lipinski definition) is 5. The molecule has 0 radical (unpaired) electrons. The molecule has 0 unspecified atom stereocenters. The fraction of sp³-hybridized carbons (Fsp3) is 0.387. The summed E-state index contributed by atoms with van der Waals surface area (Å²) in [5.41, 5.74) is 22.3. The molecule has 0 aliphatic heterocycles. The lowest BCUT2D eigenvalue weighted by Crippen LogP contribution is -2.38. The molecule has 1 aromatic heterocycles. The molecule has 0 saturated heterocycles. The van der Waals surface area contributed by atoms with Crippen LogP contribution in [0.4, 0.5) is 11.6 Å². The van der Waals surface area contributed by atoms with Crippen molar-refractivity contribution in [2.45, 2.75) is 45.4 Å². The van der Waals surface area contributed by atoms with Crippen molar-refractivity contribution >= 4 is 29.4 Å². The van der Waals surface area contributed by atoms with Gasteiger partial charge in [-0.2, -0.15) is 0 Å². The van der Waals surface area contributed by atoms with Gasteiger partial charge in [-0.25, -0.2) is 9.97 Å². The number of carbonyl (C=O) groups excluding carboxylic acids is 2. The van der Waals surface area contributed by atoms with Gasteiger partial charge in [0.25, 0.3) is 5.91 Å². The number of hydrogen-bond acceptors (Lipinski definition) is 8. The number of nitrogens with zero attached hydrogens (tertiary/aromatic N) is 4. The molecule has 2 aromatic carbocycles. The Labute approximate surface area is 248 Å². The van der Waals surface area contributed by atoms with Crippen LogP contribution in [0.25, 0.3) is 11.1 Å². The summed E-state index contributed by atoms with van der Waals surface area (Å²) < 4.78 is 0. The summed E-state index contributed by atoms with van der Waals surface area (Å²) in [5.74, 6) is -0.358. The molecule has 11 heteroatoms. The average Bonchev–Trinajstić information content (AvgIpc) is 2.96. The first-order valence-corrected chi connectivity index (χ1v) is 14.2. The Morgan fingerprint density at radius 3 is 2.10 bits per heavy atom. The summed E-state index contributed by atoms with van der Waals surface area (Å²) in [7, 11) is 4.06. The van der Waals surface area contributed by atoms with Crippen LogP contribution in [0, 0.1) is 6.92 Å². The topological polar surface area (TPSA) is 178 Å². The van der Waals surface area contributed by atoms with Gasteiger partial charge in [0.2, 0.25) is 5.91 Å². The van der Waals surface area contributed by atoms with Crippen LogP contribution in [0.15, 0.2) is 53.5 Å². The van der Waals surface area contributed by atoms with E-state index in [1.165, 1.54) is 5.56 Å². The summed E-state index contributed by atoms with van der Waals surface area (Å²) in [4.78, 5) is 38.8. The number of aryl methyl sites for hydroxylation is 3. The molecule has 0 atom stereocenters. The number of aliphatic imine (C=N–C) groups is 1. The van der Waals surface area contributed by atoms with Gasteiger partial charge >= 0.3 is 0 Å². The number of rotatable bonds is 14. The van der Waals surface area contributed by atoms with Crippen LogP contribution < -0.4 is 27.8 Å². The van der Waals surface area contributed by atoms with E-state index in [-0.39, 0.29) is 29.2 Å². The van der Waals surface area contributed by atoms with Gasteiger partial charge in [-0.1, -0.05) is 48.5 Å². The third-order valence-corrected chi connectivity index (χ3v) is 6.73. The lowest BCUT2D eigenvalue weighted by molar-refractivity contribution is -0.121. The van der Waals surface area contributed by atoms with E-state index in [9.17, 15) is 9.59 Å². The van der Waals surface area contributed by atoms with Crippen LogP contribution in [0.5, 0.6) is 0 Å². The van der Waals surface area contributed by atoms with Gasteiger partial charge in [0.15, 0.2) is 17.5 Å². The molecule has 3 rings (SSSR count). The van der Waals surface area contributed by atoms with Gasteiger partial charge in [-0.15, -0.1) is 0 Å². The summed E-state index contributed by atoms with van der Waals surface area (Å²) in [6, 6.07) is 16.9. The first kappa shape index (κ1) is 32.0. The number of benzene rings is 2. The Bertz CT molecular complexity index is 1350. The number of nitrogens with one attached hydrogen (secondary N) is 2. The number of amides is 2. The molecule has 0 aliphatic rings. The number of carbonyl (C=O) groups is 2. The van der Waals surface area contributed by atoms with Gasteiger partial charge < -0.3 is 27.4 Å². The summed E-state index contributed by atoms with van der Waals surface area (Å²) in [6.45, 7) is 3.81. The number of nitrogen functional groups attached to an aromatic ring is 2. The third kappa shape index (κ3) is 10.5. The van der Waals surface area contributed by atoms with Gasteiger partial charge in [-0.3, -0.25) is 19.9 Å². The zero-order chi connectivity index (χ0) is 30.5. The molecule has 0 saturated carbocycles. The monoisotopic (exact) mass is 573 g/mol. The van der Waals surface area contributed by atoms with Crippen LogP contribution in [0.2, 0.25) is 0 Å². The molecule has 224 valence electrons. The average molecular weight is 574 g/mol. The molecular formula is C31H43N9O2. The molecular weight excluding hydrogens is 530 g/mol. The largest absolute Gasteiger partial charge is 0.382 e. The molecule has 11 nitrogen and oxygen atoms in total. The highest BCUT2D eigenvalue weighted by Gasteiger charge is 2.15. The molecule has 42 heavy (non-hydrogen) atoms. The maximum atomic E-state index is 12.4. The fourth-order valence-electron chi connectivity index (χ4n) is 4.27. The van der Waals surface area contributed by atoms with Crippen molar-refractivity contribution in [2.75, 3.05) is 45.2 Å². The van der Waals surface area contributed by atoms with E-state index in [1.54, 1.807) is 6.92 Å². The fourth-order valence-corrected chi connectivity index (χ4v) is 4.27.